The Kier molecular flexibility index (Phi) is 6.64. The Morgan fingerprint density at radius 2 is 1.84 bits per heavy atom. The molecule has 0 amide bonds. The SMILES string of the molecule is COCC(C)(/N=c1\cc2n(-c3ccc(F)c(F)c3)c3ccccc3nc-2cc1Nc1cccnc1)OC. The Morgan fingerprint density at radius 3 is 2.57 bits per heavy atom. The van der Waals surface area contributed by atoms with Gasteiger partial charge in [0.2, 0.25) is 0 Å². The highest BCUT2D eigenvalue weighted by Crippen LogP contribution is 2.31. The molecular formula is C28H25F2N5O2. The van der Waals surface area contributed by atoms with Gasteiger partial charge in [-0.1, -0.05) is 12.1 Å². The number of benzene rings is 3. The lowest BCUT2D eigenvalue weighted by Crippen LogP contribution is -2.33. The topological polar surface area (TPSA) is 73.6 Å². The van der Waals surface area contributed by atoms with E-state index in [1.807, 2.05) is 60.0 Å². The van der Waals surface area contributed by atoms with E-state index in [9.17, 15) is 8.78 Å². The molecule has 5 rings (SSSR count). The minimum absolute atomic E-state index is 0.215. The zero-order valence-corrected chi connectivity index (χ0v) is 20.6. The Bertz CT molecular complexity index is 1610. The van der Waals surface area contributed by atoms with Crippen LogP contribution < -0.4 is 10.7 Å². The number of methoxy groups -OCH3 is 2. The molecule has 0 bridgehead atoms. The van der Waals surface area contributed by atoms with Crippen LogP contribution in [0.1, 0.15) is 6.92 Å². The van der Waals surface area contributed by atoms with Gasteiger partial charge in [0, 0.05) is 32.2 Å². The van der Waals surface area contributed by atoms with Gasteiger partial charge in [-0.05, 0) is 55.5 Å². The monoisotopic (exact) mass is 501 g/mol. The number of hydrogen-bond acceptors (Lipinski definition) is 6. The lowest BCUT2D eigenvalue weighted by atomic mass is 10.1. The van der Waals surface area contributed by atoms with Crippen molar-refractivity contribution in [2.75, 3.05) is 26.1 Å². The van der Waals surface area contributed by atoms with Crippen LogP contribution in [0.15, 0.2) is 84.1 Å². The lowest BCUT2D eigenvalue weighted by Gasteiger charge is -2.24. The molecule has 0 fully saturated rings. The number of hydrogen-bond donors (Lipinski definition) is 1. The molecule has 0 radical (unpaired) electrons. The van der Waals surface area contributed by atoms with Gasteiger partial charge in [-0.3, -0.25) is 4.98 Å². The largest absolute Gasteiger partial charge is 0.380 e. The first-order chi connectivity index (χ1) is 17.9. The third-order valence-electron chi connectivity index (χ3n) is 6.01. The number of halogens is 2. The summed E-state index contributed by atoms with van der Waals surface area (Å²) in [7, 11) is 3.14. The molecule has 2 heterocycles. The maximum absolute atomic E-state index is 14.3. The van der Waals surface area contributed by atoms with Gasteiger partial charge in [0.1, 0.15) is 0 Å². The van der Waals surface area contributed by atoms with E-state index in [2.05, 4.69) is 10.3 Å². The quantitative estimate of drug-likeness (QED) is 0.300. The highest BCUT2D eigenvalue weighted by molar-refractivity contribution is 5.84. The van der Waals surface area contributed by atoms with Crippen molar-refractivity contribution < 1.29 is 18.3 Å². The number of fused-ring (bicyclic) bond motifs is 2. The second kappa shape index (κ2) is 10.0. The summed E-state index contributed by atoms with van der Waals surface area (Å²) < 4.78 is 41.0. The van der Waals surface area contributed by atoms with Crippen LogP contribution in [0.4, 0.5) is 20.2 Å². The maximum Gasteiger partial charge on any atom is 0.179 e. The Morgan fingerprint density at radius 1 is 1.00 bits per heavy atom. The van der Waals surface area contributed by atoms with Crippen molar-refractivity contribution in [2.24, 2.45) is 4.99 Å². The van der Waals surface area contributed by atoms with Crippen molar-refractivity contribution in [3.8, 4) is 17.1 Å². The van der Waals surface area contributed by atoms with Gasteiger partial charge in [-0.2, -0.15) is 0 Å². The van der Waals surface area contributed by atoms with Crippen LogP contribution in [0.5, 0.6) is 0 Å². The van der Waals surface area contributed by atoms with Crippen LogP contribution in [0.25, 0.3) is 28.1 Å². The summed E-state index contributed by atoms with van der Waals surface area (Å²) in [5.41, 5.74) is 3.59. The Hall–Kier alpha value is -4.21. The van der Waals surface area contributed by atoms with E-state index in [1.165, 1.54) is 12.1 Å². The van der Waals surface area contributed by atoms with Gasteiger partial charge in [-0.15, -0.1) is 0 Å². The van der Waals surface area contributed by atoms with Crippen molar-refractivity contribution in [3.63, 3.8) is 0 Å². The molecule has 2 aromatic carbocycles. The van der Waals surface area contributed by atoms with Crippen molar-refractivity contribution >= 4 is 22.4 Å². The predicted octanol–water partition coefficient (Wildman–Crippen LogP) is 5.46. The molecular weight excluding hydrogens is 476 g/mol. The minimum atomic E-state index is -0.981. The molecule has 1 aliphatic heterocycles. The zero-order valence-electron chi connectivity index (χ0n) is 20.6. The number of anilines is 2. The zero-order chi connectivity index (χ0) is 26.0. The van der Waals surface area contributed by atoms with Crippen molar-refractivity contribution in [2.45, 2.75) is 12.6 Å². The first-order valence-electron chi connectivity index (χ1n) is 11.6. The average molecular weight is 502 g/mol. The highest BCUT2D eigenvalue weighted by Gasteiger charge is 2.24. The molecule has 1 aromatic heterocycles. The van der Waals surface area contributed by atoms with Gasteiger partial charge < -0.3 is 19.4 Å². The Balaban J connectivity index is 1.85. The van der Waals surface area contributed by atoms with Gasteiger partial charge >= 0.3 is 0 Å². The molecule has 1 aliphatic carbocycles. The van der Waals surface area contributed by atoms with E-state index >= 15 is 0 Å². The van der Waals surface area contributed by atoms with Crippen LogP contribution in [0, 0.1) is 11.6 Å². The molecule has 37 heavy (non-hydrogen) atoms. The maximum atomic E-state index is 14.3. The van der Waals surface area contributed by atoms with Gasteiger partial charge in [0.25, 0.3) is 0 Å². The molecule has 0 saturated carbocycles. The van der Waals surface area contributed by atoms with Crippen molar-refractivity contribution in [1.82, 2.24) is 14.5 Å². The van der Waals surface area contributed by atoms with E-state index in [0.717, 1.165) is 17.3 Å². The molecule has 7 nitrogen and oxygen atoms in total. The highest BCUT2D eigenvalue weighted by atomic mass is 19.2. The number of para-hydroxylation sites is 2. The fraction of sp³-hybridized carbons (Fsp3) is 0.179. The van der Waals surface area contributed by atoms with Crippen molar-refractivity contribution in [1.29, 1.82) is 0 Å². The molecule has 3 aromatic rings. The van der Waals surface area contributed by atoms with Crippen molar-refractivity contribution in [3.05, 3.63) is 96.1 Å². The summed E-state index contributed by atoms with van der Waals surface area (Å²) in [6.45, 7) is 2.03. The molecule has 0 spiro atoms. The first kappa shape index (κ1) is 24.5. The summed E-state index contributed by atoms with van der Waals surface area (Å²) in [5, 5.41) is 3.93. The molecule has 1 N–H and O–H groups in total. The first-order valence-corrected chi connectivity index (χ1v) is 11.6. The fourth-order valence-corrected chi connectivity index (χ4v) is 4.19. The molecule has 9 heteroatoms. The molecule has 1 atom stereocenters. The summed E-state index contributed by atoms with van der Waals surface area (Å²) in [6.07, 6.45) is 3.39. The van der Waals surface area contributed by atoms with Crippen LogP contribution >= 0.6 is 0 Å². The summed E-state index contributed by atoms with van der Waals surface area (Å²) in [5.74, 6) is -1.85. The van der Waals surface area contributed by atoms with Gasteiger partial charge in [0.05, 0.1) is 52.0 Å². The number of nitrogens with zero attached hydrogens (tertiary/aromatic N) is 4. The number of aromatic nitrogens is 3. The standard InChI is InChI=1S/C28H25F2N5O2/c1-28(37-3,17-36-2)34-24-15-27-25(14-23(24)32-18-7-6-12-31-16-18)33-22-8-4-5-9-26(22)35(27)19-10-11-20(29)21(30)13-19/h4-16,32H,17H2,1-3H3/b34-24+. The number of rotatable bonds is 7. The second-order valence-electron chi connectivity index (χ2n) is 8.68. The average Bonchev–Trinajstić information content (AvgIpc) is 2.90. The number of pyridine rings is 1. The Labute approximate surface area is 212 Å². The second-order valence-corrected chi connectivity index (χ2v) is 8.68. The predicted molar refractivity (Wildman–Crippen MR) is 138 cm³/mol. The van der Waals surface area contributed by atoms with Crippen LogP contribution in [0.3, 0.4) is 0 Å². The van der Waals surface area contributed by atoms with Gasteiger partial charge in [0.15, 0.2) is 17.4 Å². The number of ether oxygens (including phenoxy) is 2. The summed E-state index contributed by atoms with van der Waals surface area (Å²) in [4.78, 5) is 13.9. The molecule has 1 unspecified atom stereocenters. The normalized spacial score (nSPS) is 13.7. The van der Waals surface area contributed by atoms with E-state index in [1.54, 1.807) is 26.6 Å². The summed E-state index contributed by atoms with van der Waals surface area (Å²) in [6, 6.07) is 18.8. The third kappa shape index (κ3) is 4.91. The third-order valence-corrected chi connectivity index (χ3v) is 6.01. The van der Waals surface area contributed by atoms with E-state index in [0.29, 0.717) is 33.6 Å². The summed E-state index contributed by atoms with van der Waals surface area (Å²) >= 11 is 0. The number of nitrogens with one attached hydrogen (secondary N) is 1. The molecule has 188 valence electrons. The van der Waals surface area contributed by atoms with Crippen LogP contribution in [0.2, 0.25) is 0 Å². The fourth-order valence-electron chi connectivity index (χ4n) is 4.19. The smallest absolute Gasteiger partial charge is 0.179 e. The van der Waals surface area contributed by atoms with E-state index in [4.69, 9.17) is 19.5 Å². The lowest BCUT2D eigenvalue weighted by molar-refractivity contribution is -0.0466. The van der Waals surface area contributed by atoms with Crippen LogP contribution in [-0.2, 0) is 9.47 Å². The molecule has 2 aliphatic rings. The molecule has 0 saturated heterocycles. The van der Waals surface area contributed by atoms with E-state index < -0.39 is 17.4 Å². The minimum Gasteiger partial charge on any atom is -0.380 e. The van der Waals surface area contributed by atoms with E-state index in [-0.39, 0.29) is 6.61 Å². The van der Waals surface area contributed by atoms with Gasteiger partial charge in [-0.25, -0.2) is 18.8 Å². The van der Waals surface area contributed by atoms with Crippen LogP contribution in [-0.4, -0.2) is 41.1 Å².